The highest BCUT2D eigenvalue weighted by atomic mass is 35.5. The zero-order chi connectivity index (χ0) is 14.0. The molecule has 1 unspecified atom stereocenters. The van der Waals surface area contributed by atoms with E-state index in [0.717, 1.165) is 22.2 Å². The Hall–Kier alpha value is -1.68. The largest absolute Gasteiger partial charge is 0.376 e. The molecule has 5 heteroatoms. The predicted molar refractivity (Wildman–Crippen MR) is 81.0 cm³/mol. The topological polar surface area (TPSA) is 33.1 Å². The first-order valence-electron chi connectivity index (χ1n) is 6.19. The molecule has 1 aromatic heterocycles. The molecule has 2 rings (SSSR count). The van der Waals surface area contributed by atoms with Crippen molar-refractivity contribution in [3.8, 4) is 0 Å². The van der Waals surface area contributed by atoms with E-state index in [9.17, 15) is 0 Å². The molecule has 0 aliphatic rings. The summed E-state index contributed by atoms with van der Waals surface area (Å²) in [5, 5.41) is 4.19. The van der Waals surface area contributed by atoms with Crippen molar-refractivity contribution in [1.82, 2.24) is 9.55 Å². The van der Waals surface area contributed by atoms with Gasteiger partial charge in [0, 0.05) is 38.6 Å². The van der Waals surface area contributed by atoms with Crippen molar-refractivity contribution < 1.29 is 0 Å². The fraction of sp³-hybridized carbons (Fsp3) is 0.357. The van der Waals surface area contributed by atoms with Crippen LogP contribution < -0.4 is 10.2 Å². The molecular formula is C14H19ClN4. The number of rotatable bonds is 4. The summed E-state index contributed by atoms with van der Waals surface area (Å²) in [5.74, 6) is 0.990. The van der Waals surface area contributed by atoms with Gasteiger partial charge in [0.05, 0.1) is 17.4 Å². The summed E-state index contributed by atoms with van der Waals surface area (Å²) in [6, 6.07) is 5.96. The predicted octanol–water partition coefficient (Wildman–Crippen LogP) is 3.31. The van der Waals surface area contributed by atoms with E-state index in [1.54, 1.807) is 6.20 Å². The number of nitrogens with one attached hydrogen (secondary N) is 1. The lowest BCUT2D eigenvalue weighted by Gasteiger charge is -2.22. The third kappa shape index (κ3) is 3.01. The van der Waals surface area contributed by atoms with Crippen molar-refractivity contribution in [2.45, 2.75) is 13.0 Å². The molecule has 102 valence electrons. The van der Waals surface area contributed by atoms with Gasteiger partial charge in [-0.2, -0.15) is 0 Å². The fourth-order valence-electron chi connectivity index (χ4n) is 2.11. The molecule has 0 bridgehead atoms. The number of imidazole rings is 1. The van der Waals surface area contributed by atoms with Crippen LogP contribution in [0.25, 0.3) is 0 Å². The summed E-state index contributed by atoms with van der Waals surface area (Å²) in [4.78, 5) is 6.42. The molecule has 0 amide bonds. The molecule has 1 aromatic carbocycles. The SMILES string of the molecule is CC(Nc1cc(Cl)ccc1N(C)C)c1nccn1C. The number of anilines is 2. The Kier molecular flexibility index (Phi) is 4.00. The van der Waals surface area contributed by atoms with Crippen LogP contribution in [0.1, 0.15) is 18.8 Å². The maximum atomic E-state index is 6.08. The summed E-state index contributed by atoms with van der Waals surface area (Å²) in [7, 11) is 6.02. The van der Waals surface area contributed by atoms with Gasteiger partial charge in [-0.25, -0.2) is 4.98 Å². The molecule has 1 atom stereocenters. The van der Waals surface area contributed by atoms with Crippen LogP contribution in [0.5, 0.6) is 0 Å². The van der Waals surface area contributed by atoms with Crippen LogP contribution in [-0.2, 0) is 7.05 Å². The lowest BCUT2D eigenvalue weighted by atomic mass is 10.2. The van der Waals surface area contributed by atoms with Crippen LogP contribution in [0.4, 0.5) is 11.4 Å². The van der Waals surface area contributed by atoms with Crippen molar-refractivity contribution in [2.24, 2.45) is 7.05 Å². The lowest BCUT2D eigenvalue weighted by Crippen LogP contribution is -2.16. The Labute approximate surface area is 119 Å². The van der Waals surface area contributed by atoms with Crippen LogP contribution in [0.2, 0.25) is 5.02 Å². The molecule has 1 heterocycles. The molecule has 19 heavy (non-hydrogen) atoms. The first kappa shape index (κ1) is 13.7. The summed E-state index contributed by atoms with van der Waals surface area (Å²) >= 11 is 6.08. The van der Waals surface area contributed by atoms with Crippen LogP contribution in [0, 0.1) is 0 Å². The first-order chi connectivity index (χ1) is 8.99. The first-order valence-corrected chi connectivity index (χ1v) is 6.57. The lowest BCUT2D eigenvalue weighted by molar-refractivity contribution is 0.721. The van der Waals surface area contributed by atoms with Gasteiger partial charge in [0.15, 0.2) is 0 Å². The van der Waals surface area contributed by atoms with Gasteiger partial charge in [0.1, 0.15) is 5.82 Å². The van der Waals surface area contributed by atoms with E-state index in [4.69, 9.17) is 11.6 Å². The maximum absolute atomic E-state index is 6.08. The van der Waals surface area contributed by atoms with Crippen molar-refractivity contribution >= 4 is 23.0 Å². The summed E-state index contributed by atoms with van der Waals surface area (Å²) in [6.45, 7) is 2.09. The van der Waals surface area contributed by atoms with Gasteiger partial charge < -0.3 is 14.8 Å². The molecule has 2 aromatic rings. The zero-order valence-electron chi connectivity index (χ0n) is 11.7. The summed E-state index contributed by atoms with van der Waals surface area (Å²) < 4.78 is 2.01. The molecule has 0 spiro atoms. The highest BCUT2D eigenvalue weighted by Gasteiger charge is 2.13. The second kappa shape index (κ2) is 5.53. The van der Waals surface area contributed by atoms with Crippen molar-refractivity contribution in [3.63, 3.8) is 0 Å². The third-order valence-corrected chi connectivity index (χ3v) is 3.29. The van der Waals surface area contributed by atoms with Gasteiger partial charge >= 0.3 is 0 Å². The molecule has 4 nitrogen and oxygen atoms in total. The van der Waals surface area contributed by atoms with Crippen LogP contribution in [-0.4, -0.2) is 23.6 Å². The number of hydrogen-bond acceptors (Lipinski definition) is 3. The van der Waals surface area contributed by atoms with E-state index in [0.29, 0.717) is 0 Å². The van der Waals surface area contributed by atoms with Crippen LogP contribution in [0.15, 0.2) is 30.6 Å². The van der Waals surface area contributed by atoms with Gasteiger partial charge in [0.2, 0.25) is 0 Å². The number of nitrogens with zero attached hydrogens (tertiary/aromatic N) is 3. The standard InChI is InChI=1S/C14H19ClN4/c1-10(14-16-7-8-19(14)4)17-12-9-11(15)5-6-13(12)18(2)3/h5-10,17H,1-4H3. The van der Waals surface area contributed by atoms with Crippen molar-refractivity contribution in [1.29, 1.82) is 0 Å². The molecule has 0 saturated carbocycles. The highest BCUT2D eigenvalue weighted by molar-refractivity contribution is 6.31. The molecule has 0 aliphatic carbocycles. The molecule has 0 aliphatic heterocycles. The molecule has 0 radical (unpaired) electrons. The number of halogens is 1. The van der Waals surface area contributed by atoms with Gasteiger partial charge in [-0.15, -0.1) is 0 Å². The van der Waals surface area contributed by atoms with Gasteiger partial charge in [-0.3, -0.25) is 0 Å². The number of benzene rings is 1. The smallest absolute Gasteiger partial charge is 0.130 e. The van der Waals surface area contributed by atoms with Gasteiger partial charge in [-0.1, -0.05) is 11.6 Å². The Morgan fingerprint density at radius 2 is 2.11 bits per heavy atom. The van der Waals surface area contributed by atoms with Crippen molar-refractivity contribution in [2.75, 3.05) is 24.3 Å². The minimum atomic E-state index is 0.108. The molecule has 0 saturated heterocycles. The van der Waals surface area contributed by atoms with E-state index in [1.165, 1.54) is 0 Å². The Bertz CT molecular complexity index is 562. The second-order valence-electron chi connectivity index (χ2n) is 4.82. The van der Waals surface area contributed by atoms with E-state index in [1.807, 2.05) is 50.1 Å². The monoisotopic (exact) mass is 278 g/mol. The van der Waals surface area contributed by atoms with E-state index in [2.05, 4.69) is 22.1 Å². The summed E-state index contributed by atoms with van der Waals surface area (Å²) in [6.07, 6.45) is 3.75. The molecule has 1 N–H and O–H groups in total. The van der Waals surface area contributed by atoms with Crippen LogP contribution >= 0.6 is 11.6 Å². The number of aromatic nitrogens is 2. The highest BCUT2D eigenvalue weighted by Crippen LogP contribution is 2.30. The number of aryl methyl sites for hydroxylation is 1. The van der Waals surface area contributed by atoms with E-state index in [-0.39, 0.29) is 6.04 Å². The van der Waals surface area contributed by atoms with Crippen LogP contribution in [0.3, 0.4) is 0 Å². The average Bonchev–Trinajstić information content (AvgIpc) is 2.75. The normalized spacial score (nSPS) is 12.3. The third-order valence-electron chi connectivity index (χ3n) is 3.06. The second-order valence-corrected chi connectivity index (χ2v) is 5.25. The Morgan fingerprint density at radius 3 is 2.68 bits per heavy atom. The van der Waals surface area contributed by atoms with E-state index < -0.39 is 0 Å². The quantitative estimate of drug-likeness (QED) is 0.931. The van der Waals surface area contributed by atoms with E-state index >= 15 is 0 Å². The Balaban J connectivity index is 2.28. The molecular weight excluding hydrogens is 260 g/mol. The van der Waals surface area contributed by atoms with Crippen molar-refractivity contribution in [3.05, 3.63) is 41.4 Å². The minimum absolute atomic E-state index is 0.108. The van der Waals surface area contributed by atoms with Gasteiger partial charge in [0.25, 0.3) is 0 Å². The Morgan fingerprint density at radius 1 is 1.37 bits per heavy atom. The maximum Gasteiger partial charge on any atom is 0.130 e. The fourth-order valence-corrected chi connectivity index (χ4v) is 2.28. The minimum Gasteiger partial charge on any atom is -0.376 e. The van der Waals surface area contributed by atoms with Gasteiger partial charge in [-0.05, 0) is 25.1 Å². The number of hydrogen-bond donors (Lipinski definition) is 1. The molecule has 0 fully saturated rings. The average molecular weight is 279 g/mol. The summed E-state index contributed by atoms with van der Waals surface area (Å²) in [5.41, 5.74) is 2.11. The zero-order valence-corrected chi connectivity index (χ0v) is 12.4.